The smallest absolute Gasteiger partial charge is 0.293 e. The highest BCUT2D eigenvalue weighted by Gasteiger charge is 2.12. The summed E-state index contributed by atoms with van der Waals surface area (Å²) in [7, 11) is 0. The lowest BCUT2D eigenvalue weighted by atomic mass is 10.3. The van der Waals surface area contributed by atoms with Crippen LogP contribution in [0.5, 0.6) is 0 Å². The molecule has 0 bridgehead atoms. The minimum absolute atomic E-state index is 0.0261. The van der Waals surface area contributed by atoms with E-state index in [2.05, 4.69) is 0 Å². The van der Waals surface area contributed by atoms with Crippen LogP contribution in [0.15, 0.2) is 23.1 Å². The minimum Gasteiger partial charge on any atom is -0.392 e. The lowest BCUT2D eigenvalue weighted by Gasteiger charge is -2.01. The minimum atomic E-state index is -0.477. The van der Waals surface area contributed by atoms with Gasteiger partial charge in [-0.3, -0.25) is 10.1 Å². The molecule has 0 aliphatic carbocycles. The van der Waals surface area contributed by atoms with Crippen LogP contribution in [0.1, 0.15) is 0 Å². The van der Waals surface area contributed by atoms with E-state index in [9.17, 15) is 10.1 Å². The van der Waals surface area contributed by atoms with Crippen LogP contribution >= 0.6 is 11.8 Å². The van der Waals surface area contributed by atoms with Crippen LogP contribution in [0.4, 0.5) is 11.4 Å². The molecule has 2 N–H and O–H groups in total. The molecule has 0 atom stereocenters. The van der Waals surface area contributed by atoms with Gasteiger partial charge in [-0.1, -0.05) is 6.07 Å². The van der Waals surface area contributed by atoms with Crippen molar-refractivity contribution in [2.45, 2.75) is 4.90 Å². The largest absolute Gasteiger partial charge is 0.392 e. The molecule has 0 aromatic heterocycles. The first-order valence-corrected chi connectivity index (χ1v) is 4.46. The predicted octanol–water partition coefficient (Wildman–Crippen LogP) is 1.90. The fourth-order valence-corrected chi connectivity index (χ4v) is 1.41. The predicted molar refractivity (Wildman–Crippen MR) is 49.3 cm³/mol. The second-order valence-electron chi connectivity index (χ2n) is 2.15. The van der Waals surface area contributed by atoms with E-state index in [0.717, 1.165) is 4.90 Å². The van der Waals surface area contributed by atoms with Crippen LogP contribution in [0.25, 0.3) is 0 Å². The van der Waals surface area contributed by atoms with E-state index in [1.54, 1.807) is 12.1 Å². The van der Waals surface area contributed by atoms with E-state index in [-0.39, 0.29) is 11.4 Å². The molecular formula is C7H8N2O2S. The zero-order chi connectivity index (χ0) is 9.14. The molecule has 0 saturated carbocycles. The number of benzene rings is 1. The summed E-state index contributed by atoms with van der Waals surface area (Å²) in [6.07, 6.45) is 1.83. The zero-order valence-corrected chi connectivity index (χ0v) is 7.30. The molecule has 5 heteroatoms. The van der Waals surface area contributed by atoms with Crippen LogP contribution < -0.4 is 5.73 Å². The monoisotopic (exact) mass is 184 g/mol. The molecule has 64 valence electrons. The lowest BCUT2D eigenvalue weighted by molar-refractivity contribution is -0.384. The molecule has 0 aliphatic rings. The van der Waals surface area contributed by atoms with Gasteiger partial charge in [0.2, 0.25) is 0 Å². The van der Waals surface area contributed by atoms with E-state index in [1.165, 1.54) is 17.8 Å². The van der Waals surface area contributed by atoms with Gasteiger partial charge in [0.25, 0.3) is 5.69 Å². The Bertz CT molecular complexity index is 314. The first kappa shape index (κ1) is 8.86. The van der Waals surface area contributed by atoms with Crippen molar-refractivity contribution in [1.29, 1.82) is 0 Å². The van der Waals surface area contributed by atoms with Crippen LogP contribution in [-0.2, 0) is 0 Å². The topological polar surface area (TPSA) is 69.2 Å². The Balaban J connectivity index is 3.23. The first-order chi connectivity index (χ1) is 5.66. The van der Waals surface area contributed by atoms with Gasteiger partial charge in [-0.15, -0.1) is 11.8 Å². The number of nitro groups is 1. The molecule has 0 radical (unpaired) electrons. The van der Waals surface area contributed by atoms with Gasteiger partial charge >= 0.3 is 0 Å². The molecule has 0 aliphatic heterocycles. The molecule has 0 saturated heterocycles. The Morgan fingerprint density at radius 3 is 2.75 bits per heavy atom. The number of thioether (sulfide) groups is 1. The van der Waals surface area contributed by atoms with Crippen molar-refractivity contribution in [2.24, 2.45) is 0 Å². The third-order valence-electron chi connectivity index (χ3n) is 1.46. The highest BCUT2D eigenvalue weighted by Crippen LogP contribution is 2.30. The fourth-order valence-electron chi connectivity index (χ4n) is 0.870. The van der Waals surface area contributed by atoms with Crippen molar-refractivity contribution >= 4 is 23.1 Å². The van der Waals surface area contributed by atoms with Crippen molar-refractivity contribution < 1.29 is 4.92 Å². The van der Waals surface area contributed by atoms with E-state index in [0.29, 0.717) is 0 Å². The Labute approximate surface area is 73.9 Å². The number of hydrogen-bond donors (Lipinski definition) is 1. The van der Waals surface area contributed by atoms with Crippen molar-refractivity contribution in [3.05, 3.63) is 28.3 Å². The average molecular weight is 184 g/mol. The number of nitrogens with two attached hydrogens (primary N) is 1. The van der Waals surface area contributed by atoms with Crippen LogP contribution in [0.2, 0.25) is 0 Å². The third kappa shape index (κ3) is 1.50. The van der Waals surface area contributed by atoms with Crippen molar-refractivity contribution in [3.8, 4) is 0 Å². The maximum absolute atomic E-state index is 10.4. The zero-order valence-electron chi connectivity index (χ0n) is 6.48. The van der Waals surface area contributed by atoms with Crippen molar-refractivity contribution in [1.82, 2.24) is 0 Å². The summed E-state index contributed by atoms with van der Waals surface area (Å²) in [5.74, 6) is 0. The maximum Gasteiger partial charge on any atom is 0.293 e. The average Bonchev–Trinajstić information content (AvgIpc) is 2.04. The summed E-state index contributed by atoms with van der Waals surface area (Å²) < 4.78 is 0. The second-order valence-corrected chi connectivity index (χ2v) is 3.00. The molecule has 0 amide bonds. The van der Waals surface area contributed by atoms with Crippen LogP contribution in [-0.4, -0.2) is 11.2 Å². The normalized spacial score (nSPS) is 9.75. The SMILES string of the molecule is CSc1cccc([N+](=O)[O-])c1N. The molecule has 1 rings (SSSR count). The van der Waals surface area contributed by atoms with Gasteiger partial charge in [0.1, 0.15) is 5.69 Å². The molecule has 1 aromatic carbocycles. The highest BCUT2D eigenvalue weighted by molar-refractivity contribution is 7.98. The van der Waals surface area contributed by atoms with E-state index in [1.807, 2.05) is 6.26 Å². The fraction of sp³-hybridized carbons (Fsp3) is 0.143. The molecule has 1 aromatic rings. The molecule has 0 spiro atoms. The molecule has 0 heterocycles. The van der Waals surface area contributed by atoms with Gasteiger partial charge in [-0.05, 0) is 12.3 Å². The highest BCUT2D eigenvalue weighted by atomic mass is 32.2. The molecular weight excluding hydrogens is 176 g/mol. The quantitative estimate of drug-likeness (QED) is 0.330. The van der Waals surface area contributed by atoms with Crippen molar-refractivity contribution in [3.63, 3.8) is 0 Å². The number of rotatable bonds is 2. The van der Waals surface area contributed by atoms with Gasteiger partial charge in [-0.25, -0.2) is 0 Å². The summed E-state index contributed by atoms with van der Waals surface area (Å²) in [5.41, 5.74) is 5.75. The molecule has 0 fully saturated rings. The summed E-state index contributed by atoms with van der Waals surface area (Å²) in [6, 6.07) is 4.78. The van der Waals surface area contributed by atoms with E-state index < -0.39 is 4.92 Å². The Hall–Kier alpha value is -1.23. The van der Waals surface area contributed by atoms with E-state index >= 15 is 0 Å². The van der Waals surface area contributed by atoms with E-state index in [4.69, 9.17) is 5.73 Å². The van der Waals surface area contributed by atoms with Crippen LogP contribution in [0, 0.1) is 10.1 Å². The summed E-state index contributed by atoms with van der Waals surface area (Å²) in [6.45, 7) is 0. The summed E-state index contributed by atoms with van der Waals surface area (Å²) in [4.78, 5) is 10.7. The molecule has 12 heavy (non-hydrogen) atoms. The number of anilines is 1. The lowest BCUT2D eigenvalue weighted by Crippen LogP contribution is -1.96. The second kappa shape index (κ2) is 3.44. The molecule has 4 nitrogen and oxygen atoms in total. The third-order valence-corrected chi connectivity index (χ3v) is 2.26. The summed E-state index contributed by atoms with van der Waals surface area (Å²) in [5, 5.41) is 10.4. The van der Waals surface area contributed by atoms with Gasteiger partial charge in [-0.2, -0.15) is 0 Å². The molecule has 0 unspecified atom stereocenters. The van der Waals surface area contributed by atoms with Gasteiger partial charge < -0.3 is 5.73 Å². The van der Waals surface area contributed by atoms with Crippen LogP contribution in [0.3, 0.4) is 0 Å². The Morgan fingerprint density at radius 1 is 1.58 bits per heavy atom. The Kier molecular flexibility index (Phi) is 2.54. The van der Waals surface area contributed by atoms with Crippen molar-refractivity contribution in [2.75, 3.05) is 12.0 Å². The standard InChI is InChI=1S/C7H8N2O2S/c1-12-6-4-2-3-5(7(6)8)9(10)11/h2-4H,8H2,1H3. The van der Waals surface area contributed by atoms with Gasteiger partial charge in [0, 0.05) is 11.0 Å². The van der Waals surface area contributed by atoms with Gasteiger partial charge in [0.05, 0.1) is 4.92 Å². The first-order valence-electron chi connectivity index (χ1n) is 3.23. The number of para-hydroxylation sites is 1. The number of nitrogens with zero attached hydrogens (tertiary/aromatic N) is 1. The number of hydrogen-bond acceptors (Lipinski definition) is 4. The summed E-state index contributed by atoms with van der Waals surface area (Å²) >= 11 is 1.40. The Morgan fingerprint density at radius 2 is 2.25 bits per heavy atom. The number of nitro benzene ring substituents is 1. The number of nitrogen functional groups attached to an aromatic ring is 1. The van der Waals surface area contributed by atoms with Gasteiger partial charge in [0.15, 0.2) is 0 Å². The maximum atomic E-state index is 10.4.